The van der Waals surface area contributed by atoms with Gasteiger partial charge in [0.15, 0.2) is 12.1 Å². The van der Waals surface area contributed by atoms with E-state index < -0.39 is 89.5 Å². The molecule has 61 heavy (non-hydrogen) atoms. The first-order valence-electron chi connectivity index (χ1n) is 21.9. The summed E-state index contributed by atoms with van der Waals surface area (Å²) in [6.45, 7) is 15.8. The standard InChI is InChI=1S/C45H71N5O11/c1-11-36-45(8,57)39(54)30(6)41(55)47-26(2)22-44(7,40(28(4)37(52)29(5)42(56)60-36)61-43-38(53)35(48(9)10)20-27(3)59-43)58-25-33(51)24-49-16-18-50(19-17-49)32-21-31-14-12-13-15-34(31)46-23-32/h12-15,21,23,26-30,33,35-36,38-40,43,51,53-54,57H,11,16-20,22,24-25H2,1-10H3,(H,47,55)/t26-,27-,28+,29-,30-,33?,35+,36-,38-,39-,40-,43+,44-,45-/m1/s1. The van der Waals surface area contributed by atoms with Gasteiger partial charge in [-0.25, -0.2) is 0 Å². The lowest BCUT2D eigenvalue weighted by atomic mass is 9.79. The average molecular weight is 858 g/mol. The van der Waals surface area contributed by atoms with Crippen LogP contribution in [0.15, 0.2) is 36.5 Å². The van der Waals surface area contributed by atoms with Crippen LogP contribution in [0.5, 0.6) is 0 Å². The lowest BCUT2D eigenvalue weighted by Gasteiger charge is -2.47. The predicted octanol–water partition coefficient (Wildman–Crippen LogP) is 2.12. The minimum atomic E-state index is -2.03. The molecule has 3 aliphatic rings. The van der Waals surface area contributed by atoms with E-state index in [1.54, 1.807) is 27.7 Å². The minimum Gasteiger partial charge on any atom is -0.459 e. The number of rotatable bonds is 10. The number of aliphatic hydroxyl groups is 4. The van der Waals surface area contributed by atoms with Crippen LogP contribution in [0.4, 0.5) is 5.69 Å². The molecule has 3 fully saturated rings. The van der Waals surface area contributed by atoms with E-state index in [0.717, 1.165) is 29.7 Å². The summed E-state index contributed by atoms with van der Waals surface area (Å²) in [5, 5.41) is 50.0. The smallest absolute Gasteiger partial charge is 0.316 e. The van der Waals surface area contributed by atoms with Gasteiger partial charge >= 0.3 is 5.97 Å². The first-order valence-corrected chi connectivity index (χ1v) is 21.9. The monoisotopic (exact) mass is 858 g/mol. The molecule has 1 unspecified atom stereocenters. The van der Waals surface area contributed by atoms with E-state index in [9.17, 15) is 34.8 Å². The number of carbonyl (C=O) groups is 3. The molecule has 5 N–H and O–H groups in total. The van der Waals surface area contributed by atoms with E-state index in [4.69, 9.17) is 18.9 Å². The number of nitrogens with one attached hydrogen (secondary N) is 1. The summed E-state index contributed by atoms with van der Waals surface area (Å²) < 4.78 is 25.3. The fourth-order valence-corrected chi connectivity index (χ4v) is 9.30. The number of pyridine rings is 1. The average Bonchev–Trinajstić information content (AvgIpc) is 3.22. The molecule has 2 aromatic rings. The number of nitrogens with zero attached hydrogens (tertiary/aromatic N) is 4. The van der Waals surface area contributed by atoms with Crippen molar-refractivity contribution >= 4 is 34.3 Å². The highest BCUT2D eigenvalue weighted by Gasteiger charge is 2.51. The first kappa shape index (κ1) is 48.7. The number of benzene rings is 1. The Balaban J connectivity index is 1.42. The number of hydrogen-bond acceptors (Lipinski definition) is 15. The Kier molecular flexibility index (Phi) is 16.3. The summed E-state index contributed by atoms with van der Waals surface area (Å²) in [5.41, 5.74) is -1.51. The third-order valence-electron chi connectivity index (χ3n) is 13.1. The maximum atomic E-state index is 14.5. The van der Waals surface area contributed by atoms with Crippen molar-refractivity contribution in [3.8, 4) is 0 Å². The number of esters is 1. The number of β-amino-alcohol motifs (C(OH)–C–C–N with tert-alkyl or cyclic N) is 1. The third-order valence-corrected chi connectivity index (χ3v) is 13.1. The number of ketones is 1. The Morgan fingerprint density at radius 3 is 2.34 bits per heavy atom. The second kappa shape index (κ2) is 20.5. The first-order chi connectivity index (χ1) is 28.7. The molecule has 3 saturated heterocycles. The number of carbonyl (C=O) groups excluding carboxylic acids is 3. The highest BCUT2D eigenvalue weighted by Crippen LogP contribution is 2.37. The fourth-order valence-electron chi connectivity index (χ4n) is 9.30. The van der Waals surface area contributed by atoms with Crippen LogP contribution in [-0.4, -0.2) is 172 Å². The Labute approximate surface area is 360 Å². The van der Waals surface area contributed by atoms with Crippen molar-refractivity contribution in [2.24, 2.45) is 17.8 Å². The molecule has 14 atom stereocenters. The van der Waals surface area contributed by atoms with Gasteiger partial charge < -0.3 is 54.5 Å². The second-order valence-corrected chi connectivity index (χ2v) is 18.4. The number of aromatic nitrogens is 1. The summed E-state index contributed by atoms with van der Waals surface area (Å²) in [5.74, 6) is -5.59. The van der Waals surface area contributed by atoms with Gasteiger partial charge in [0.2, 0.25) is 5.91 Å². The molecule has 3 aliphatic heterocycles. The summed E-state index contributed by atoms with van der Waals surface area (Å²) in [6, 6.07) is 9.13. The van der Waals surface area contributed by atoms with E-state index in [0.29, 0.717) is 26.1 Å². The molecule has 1 aromatic carbocycles. The van der Waals surface area contributed by atoms with Gasteiger partial charge in [0.1, 0.15) is 23.7 Å². The quantitative estimate of drug-likeness (QED) is 0.172. The van der Waals surface area contributed by atoms with Crippen molar-refractivity contribution in [2.45, 2.75) is 141 Å². The van der Waals surface area contributed by atoms with Crippen molar-refractivity contribution in [2.75, 3.05) is 58.3 Å². The number of cyclic esters (lactones) is 1. The third kappa shape index (κ3) is 11.4. The van der Waals surface area contributed by atoms with Crippen molar-refractivity contribution in [1.82, 2.24) is 20.1 Å². The predicted molar refractivity (Wildman–Crippen MR) is 230 cm³/mol. The Morgan fingerprint density at radius 2 is 1.69 bits per heavy atom. The van der Waals surface area contributed by atoms with Crippen LogP contribution in [0.3, 0.4) is 0 Å². The molecular weight excluding hydrogens is 787 g/mol. The van der Waals surface area contributed by atoms with Crippen molar-refractivity contribution in [3.05, 3.63) is 36.5 Å². The summed E-state index contributed by atoms with van der Waals surface area (Å²) >= 11 is 0. The molecule has 342 valence electrons. The largest absolute Gasteiger partial charge is 0.459 e. The number of Topliss-reactive ketones (excluding diaryl/α,β-unsaturated/α-hetero) is 1. The van der Waals surface area contributed by atoms with Crippen LogP contribution in [0.2, 0.25) is 0 Å². The molecule has 0 aliphatic carbocycles. The lowest BCUT2D eigenvalue weighted by molar-refractivity contribution is -0.298. The zero-order valence-corrected chi connectivity index (χ0v) is 37.7. The van der Waals surface area contributed by atoms with Crippen LogP contribution >= 0.6 is 0 Å². The summed E-state index contributed by atoms with van der Waals surface area (Å²) in [7, 11) is 3.70. The number of fused-ring (bicyclic) bond motifs is 1. The number of aliphatic hydroxyl groups excluding tert-OH is 3. The highest BCUT2D eigenvalue weighted by atomic mass is 16.7. The number of piperazine rings is 1. The molecule has 0 radical (unpaired) electrons. The SMILES string of the molecule is CC[C@H]1OC(=O)[C@H](C)C(=O)[C@H](C)[C@@H](O[C@@H]2O[C@H](C)C[C@H](N(C)C)[C@H]2O)[C@](C)(OCC(O)CN2CCN(c3cnc4ccccc4c3)CC2)C[C@@H](C)NC(=O)[C@H](C)[C@@H](O)[C@]1(C)O. The minimum absolute atomic E-state index is 0.0390. The highest BCUT2D eigenvalue weighted by molar-refractivity contribution is 6.00. The molecule has 0 spiro atoms. The molecule has 0 bridgehead atoms. The molecular formula is C45H71N5O11. The van der Waals surface area contributed by atoms with Gasteiger partial charge in [0.25, 0.3) is 0 Å². The van der Waals surface area contributed by atoms with Crippen molar-refractivity contribution in [3.63, 3.8) is 0 Å². The lowest BCUT2D eigenvalue weighted by Crippen LogP contribution is -2.60. The van der Waals surface area contributed by atoms with Crippen LogP contribution in [0, 0.1) is 17.8 Å². The summed E-state index contributed by atoms with van der Waals surface area (Å²) in [4.78, 5) is 52.8. The van der Waals surface area contributed by atoms with Crippen LogP contribution in [0.25, 0.3) is 10.9 Å². The Hall–Kier alpha value is -3.32. The number of hydrogen-bond donors (Lipinski definition) is 5. The van der Waals surface area contributed by atoms with Crippen LogP contribution < -0.4 is 10.2 Å². The number of amides is 1. The number of likely N-dealkylation sites (N-methyl/N-ethyl adjacent to an activating group) is 1. The molecule has 4 heterocycles. The van der Waals surface area contributed by atoms with E-state index in [1.807, 2.05) is 56.4 Å². The number of ether oxygens (including phenoxy) is 4. The van der Waals surface area contributed by atoms with Gasteiger partial charge in [-0.15, -0.1) is 0 Å². The van der Waals surface area contributed by atoms with E-state index in [-0.39, 0.29) is 31.6 Å². The van der Waals surface area contributed by atoms with Crippen molar-refractivity contribution < 1.29 is 53.8 Å². The number of para-hydroxylation sites is 1. The zero-order valence-electron chi connectivity index (χ0n) is 37.7. The van der Waals surface area contributed by atoms with Gasteiger partial charge in [0.05, 0.1) is 59.9 Å². The maximum absolute atomic E-state index is 14.5. The molecule has 1 aromatic heterocycles. The van der Waals surface area contributed by atoms with Gasteiger partial charge in [-0.1, -0.05) is 39.0 Å². The van der Waals surface area contributed by atoms with Crippen LogP contribution in [0.1, 0.15) is 74.7 Å². The van der Waals surface area contributed by atoms with Crippen LogP contribution in [-0.2, 0) is 33.3 Å². The van der Waals surface area contributed by atoms with Gasteiger partial charge in [-0.2, -0.15) is 0 Å². The van der Waals surface area contributed by atoms with Gasteiger partial charge in [0, 0.05) is 56.1 Å². The molecule has 0 saturated carbocycles. The van der Waals surface area contributed by atoms with E-state index in [1.165, 1.54) is 20.8 Å². The van der Waals surface area contributed by atoms with E-state index >= 15 is 0 Å². The van der Waals surface area contributed by atoms with Gasteiger partial charge in [-0.05, 0) is 80.1 Å². The Bertz CT molecular complexity index is 1790. The second-order valence-electron chi connectivity index (χ2n) is 18.4. The molecule has 5 rings (SSSR count). The fraction of sp³-hybridized carbons (Fsp3) is 0.733. The molecule has 1 amide bonds. The van der Waals surface area contributed by atoms with Gasteiger partial charge in [-0.3, -0.25) is 24.3 Å². The Morgan fingerprint density at radius 1 is 1.02 bits per heavy atom. The normalized spacial score (nSPS) is 37.2. The summed E-state index contributed by atoms with van der Waals surface area (Å²) in [6.07, 6.45) is -5.14. The van der Waals surface area contributed by atoms with Crippen molar-refractivity contribution in [1.29, 1.82) is 0 Å². The molecule has 16 nitrogen and oxygen atoms in total. The van der Waals surface area contributed by atoms with E-state index in [2.05, 4.69) is 26.2 Å². The molecule has 16 heteroatoms. The maximum Gasteiger partial charge on any atom is 0.316 e. The number of anilines is 1. The zero-order chi connectivity index (χ0) is 45.0. The topological polar surface area (TPSA) is 204 Å².